The first-order valence-corrected chi connectivity index (χ1v) is 5.28. The van der Waals surface area contributed by atoms with Crippen molar-refractivity contribution in [1.29, 1.82) is 0 Å². The van der Waals surface area contributed by atoms with Crippen molar-refractivity contribution >= 4 is 5.91 Å². The molecular formula is C10H20N2O2. The molecule has 0 aromatic heterocycles. The molecule has 0 aliphatic carbocycles. The van der Waals surface area contributed by atoms with Gasteiger partial charge < -0.3 is 15.8 Å². The Hall–Kier alpha value is -0.610. The van der Waals surface area contributed by atoms with Gasteiger partial charge in [-0.3, -0.25) is 4.79 Å². The predicted octanol–water partition coefficient (Wildman–Crippen LogP) is 0.265. The number of ether oxygens (including phenoxy) is 1. The summed E-state index contributed by atoms with van der Waals surface area (Å²) >= 11 is 0. The predicted molar refractivity (Wildman–Crippen MR) is 54.8 cm³/mol. The van der Waals surface area contributed by atoms with Crippen molar-refractivity contribution < 1.29 is 9.53 Å². The van der Waals surface area contributed by atoms with Crippen LogP contribution in [0.3, 0.4) is 0 Å². The summed E-state index contributed by atoms with van der Waals surface area (Å²) in [5, 5.41) is 2.95. The van der Waals surface area contributed by atoms with Crippen molar-refractivity contribution in [1.82, 2.24) is 5.32 Å². The van der Waals surface area contributed by atoms with Crippen LogP contribution in [0.25, 0.3) is 0 Å². The monoisotopic (exact) mass is 200 g/mol. The number of hydrogen-bond acceptors (Lipinski definition) is 3. The van der Waals surface area contributed by atoms with Gasteiger partial charge >= 0.3 is 0 Å². The molecule has 0 radical (unpaired) electrons. The summed E-state index contributed by atoms with van der Waals surface area (Å²) in [5.74, 6) is -0.120. The lowest BCUT2D eigenvalue weighted by atomic mass is 10.0. The van der Waals surface area contributed by atoms with Crippen molar-refractivity contribution in [3.8, 4) is 0 Å². The van der Waals surface area contributed by atoms with Crippen LogP contribution in [0.1, 0.15) is 26.7 Å². The summed E-state index contributed by atoms with van der Waals surface area (Å²) in [4.78, 5) is 11.7. The zero-order valence-electron chi connectivity index (χ0n) is 8.95. The molecule has 0 bridgehead atoms. The molecule has 4 nitrogen and oxygen atoms in total. The molecule has 0 aromatic carbocycles. The van der Waals surface area contributed by atoms with Crippen LogP contribution < -0.4 is 11.1 Å². The Morgan fingerprint density at radius 1 is 1.64 bits per heavy atom. The molecule has 1 fully saturated rings. The Morgan fingerprint density at radius 2 is 2.36 bits per heavy atom. The van der Waals surface area contributed by atoms with E-state index in [1.165, 1.54) is 0 Å². The average Bonchev–Trinajstić information content (AvgIpc) is 2.51. The summed E-state index contributed by atoms with van der Waals surface area (Å²) < 4.78 is 5.15. The zero-order valence-corrected chi connectivity index (χ0v) is 8.95. The van der Waals surface area contributed by atoms with Crippen LogP contribution in [-0.2, 0) is 9.53 Å². The maximum absolute atomic E-state index is 11.7. The standard InChI is InChI=1S/C10H20N2O2/c1-3-4-7(2)12-10(13)8-5-14-6-9(8)11/h7-9H,3-6,11H2,1-2H3,(H,12,13). The highest BCUT2D eigenvalue weighted by Crippen LogP contribution is 2.12. The van der Waals surface area contributed by atoms with E-state index >= 15 is 0 Å². The molecule has 4 heteroatoms. The molecule has 1 rings (SSSR count). The maximum atomic E-state index is 11.7. The van der Waals surface area contributed by atoms with Crippen molar-refractivity contribution in [3.05, 3.63) is 0 Å². The fraction of sp³-hybridized carbons (Fsp3) is 0.900. The van der Waals surface area contributed by atoms with E-state index < -0.39 is 0 Å². The maximum Gasteiger partial charge on any atom is 0.227 e. The SMILES string of the molecule is CCCC(C)NC(=O)C1COCC1N. The fourth-order valence-electron chi connectivity index (χ4n) is 1.70. The molecule has 3 N–H and O–H groups in total. The molecule has 14 heavy (non-hydrogen) atoms. The number of nitrogens with two attached hydrogens (primary N) is 1. The minimum Gasteiger partial charge on any atom is -0.379 e. The van der Waals surface area contributed by atoms with E-state index in [0.717, 1.165) is 12.8 Å². The summed E-state index contributed by atoms with van der Waals surface area (Å²) in [6, 6.07) is 0.101. The van der Waals surface area contributed by atoms with Gasteiger partial charge in [0.05, 0.1) is 19.1 Å². The van der Waals surface area contributed by atoms with E-state index in [9.17, 15) is 4.79 Å². The fourth-order valence-corrected chi connectivity index (χ4v) is 1.70. The molecule has 82 valence electrons. The smallest absolute Gasteiger partial charge is 0.227 e. The molecular weight excluding hydrogens is 180 g/mol. The minimum atomic E-state index is -0.158. The second kappa shape index (κ2) is 5.32. The molecule has 1 heterocycles. The van der Waals surface area contributed by atoms with Crippen LogP contribution in [-0.4, -0.2) is 31.2 Å². The van der Waals surface area contributed by atoms with E-state index in [1.807, 2.05) is 6.92 Å². The zero-order chi connectivity index (χ0) is 10.6. The van der Waals surface area contributed by atoms with Gasteiger partial charge in [0.1, 0.15) is 0 Å². The van der Waals surface area contributed by atoms with Crippen molar-refractivity contribution in [2.45, 2.75) is 38.8 Å². The van der Waals surface area contributed by atoms with Crippen LogP contribution >= 0.6 is 0 Å². The van der Waals surface area contributed by atoms with Gasteiger partial charge in [-0.05, 0) is 13.3 Å². The molecule has 1 amide bonds. The number of hydrogen-bond donors (Lipinski definition) is 2. The summed E-state index contributed by atoms with van der Waals surface area (Å²) in [7, 11) is 0. The van der Waals surface area contributed by atoms with Gasteiger partial charge in [-0.15, -0.1) is 0 Å². The number of carbonyl (C=O) groups is 1. The first-order valence-electron chi connectivity index (χ1n) is 5.28. The molecule has 3 atom stereocenters. The second-order valence-electron chi connectivity index (χ2n) is 4.01. The number of nitrogens with one attached hydrogen (secondary N) is 1. The van der Waals surface area contributed by atoms with Gasteiger partial charge in [-0.1, -0.05) is 13.3 Å². The van der Waals surface area contributed by atoms with Crippen LogP contribution in [0.15, 0.2) is 0 Å². The lowest BCUT2D eigenvalue weighted by molar-refractivity contribution is -0.125. The van der Waals surface area contributed by atoms with Gasteiger partial charge in [-0.2, -0.15) is 0 Å². The van der Waals surface area contributed by atoms with E-state index in [0.29, 0.717) is 13.2 Å². The molecule has 0 aromatic rings. The molecule has 1 aliphatic rings. The van der Waals surface area contributed by atoms with Gasteiger partial charge in [-0.25, -0.2) is 0 Å². The summed E-state index contributed by atoms with van der Waals surface area (Å²) in [5.41, 5.74) is 5.74. The molecule has 3 unspecified atom stereocenters. The van der Waals surface area contributed by atoms with Crippen LogP contribution in [0.4, 0.5) is 0 Å². The van der Waals surface area contributed by atoms with Gasteiger partial charge in [0.15, 0.2) is 0 Å². The molecule has 1 saturated heterocycles. The van der Waals surface area contributed by atoms with Gasteiger partial charge in [0.2, 0.25) is 5.91 Å². The van der Waals surface area contributed by atoms with Gasteiger partial charge in [0.25, 0.3) is 0 Å². The highest BCUT2D eigenvalue weighted by molar-refractivity contribution is 5.80. The normalized spacial score (nSPS) is 28.8. The van der Waals surface area contributed by atoms with E-state index in [4.69, 9.17) is 10.5 Å². The lowest BCUT2D eigenvalue weighted by Crippen LogP contribution is -2.44. The molecule has 0 spiro atoms. The third-order valence-corrected chi connectivity index (χ3v) is 2.57. The Bertz CT molecular complexity index is 197. The van der Waals surface area contributed by atoms with Crippen molar-refractivity contribution in [2.24, 2.45) is 11.7 Å². The minimum absolute atomic E-state index is 0.0379. The number of carbonyl (C=O) groups excluding carboxylic acids is 1. The lowest BCUT2D eigenvalue weighted by Gasteiger charge is -2.17. The van der Waals surface area contributed by atoms with E-state index in [2.05, 4.69) is 12.2 Å². The Kier molecular flexibility index (Phi) is 4.35. The molecule has 0 saturated carbocycles. The van der Waals surface area contributed by atoms with E-state index in [1.54, 1.807) is 0 Å². The highest BCUT2D eigenvalue weighted by Gasteiger charge is 2.31. The van der Waals surface area contributed by atoms with Crippen LogP contribution in [0.2, 0.25) is 0 Å². The highest BCUT2D eigenvalue weighted by atomic mass is 16.5. The van der Waals surface area contributed by atoms with E-state index in [-0.39, 0.29) is 23.9 Å². The third-order valence-electron chi connectivity index (χ3n) is 2.57. The third kappa shape index (κ3) is 2.96. The Balaban J connectivity index is 2.33. The van der Waals surface area contributed by atoms with Crippen molar-refractivity contribution in [3.63, 3.8) is 0 Å². The van der Waals surface area contributed by atoms with Crippen LogP contribution in [0.5, 0.6) is 0 Å². The Morgan fingerprint density at radius 3 is 2.86 bits per heavy atom. The Labute approximate surface area is 85.2 Å². The molecule has 1 aliphatic heterocycles. The topological polar surface area (TPSA) is 64.3 Å². The second-order valence-corrected chi connectivity index (χ2v) is 4.01. The largest absolute Gasteiger partial charge is 0.379 e. The summed E-state index contributed by atoms with van der Waals surface area (Å²) in [6.45, 7) is 5.09. The number of rotatable bonds is 4. The van der Waals surface area contributed by atoms with Crippen LogP contribution in [0, 0.1) is 5.92 Å². The first kappa shape index (κ1) is 11.5. The number of amides is 1. The van der Waals surface area contributed by atoms with Gasteiger partial charge in [0, 0.05) is 12.1 Å². The summed E-state index contributed by atoms with van der Waals surface area (Å²) in [6.07, 6.45) is 2.09. The quantitative estimate of drug-likeness (QED) is 0.684. The first-order chi connectivity index (χ1) is 6.65. The van der Waals surface area contributed by atoms with Crippen molar-refractivity contribution in [2.75, 3.05) is 13.2 Å². The average molecular weight is 200 g/mol.